The van der Waals surface area contributed by atoms with Crippen LogP contribution in [0.5, 0.6) is 0 Å². The predicted octanol–water partition coefficient (Wildman–Crippen LogP) is 6.04. The van der Waals surface area contributed by atoms with Gasteiger partial charge in [-0.2, -0.15) is 0 Å². The molecule has 0 aliphatic carbocycles. The highest BCUT2D eigenvalue weighted by atomic mass is 35.5. The molecular formula is C22H16ClN3O2S2. The molecule has 0 atom stereocenters. The minimum atomic E-state index is -0.370. The largest absolute Gasteiger partial charge is 0.457 e. The van der Waals surface area contributed by atoms with Crippen molar-refractivity contribution < 1.29 is 9.21 Å². The SMILES string of the molecule is Cc1ccc(-c2ccc(/C=C/C(=O)NC(=S)Nc3nc4ccccc4s3)o2)cc1Cl. The molecule has 0 spiro atoms. The minimum absolute atomic E-state index is 0.179. The van der Waals surface area contributed by atoms with Gasteiger partial charge in [0.05, 0.1) is 10.2 Å². The van der Waals surface area contributed by atoms with Crippen molar-refractivity contribution in [3.63, 3.8) is 0 Å². The Labute approximate surface area is 187 Å². The van der Waals surface area contributed by atoms with Crippen molar-refractivity contribution in [3.05, 3.63) is 77.0 Å². The zero-order valence-electron chi connectivity index (χ0n) is 15.8. The van der Waals surface area contributed by atoms with E-state index in [-0.39, 0.29) is 11.0 Å². The van der Waals surface area contributed by atoms with Crippen molar-refractivity contribution in [2.45, 2.75) is 6.92 Å². The molecule has 150 valence electrons. The molecule has 2 heterocycles. The molecule has 0 unspecified atom stereocenters. The lowest BCUT2D eigenvalue weighted by Gasteiger charge is -2.04. The lowest BCUT2D eigenvalue weighted by atomic mass is 10.1. The molecule has 0 aliphatic heterocycles. The zero-order valence-corrected chi connectivity index (χ0v) is 18.2. The number of amides is 1. The van der Waals surface area contributed by atoms with E-state index in [1.54, 1.807) is 12.1 Å². The van der Waals surface area contributed by atoms with Crippen LogP contribution in [0.3, 0.4) is 0 Å². The number of thiocarbonyl (C=S) groups is 1. The number of aromatic nitrogens is 1. The Morgan fingerprint density at radius 1 is 1.20 bits per heavy atom. The zero-order chi connectivity index (χ0) is 21.1. The van der Waals surface area contributed by atoms with E-state index in [0.717, 1.165) is 21.3 Å². The van der Waals surface area contributed by atoms with Gasteiger partial charge in [-0.05, 0) is 61.1 Å². The number of rotatable bonds is 4. The number of hydrogen-bond donors (Lipinski definition) is 2. The summed E-state index contributed by atoms with van der Waals surface area (Å²) in [4.78, 5) is 16.6. The molecule has 30 heavy (non-hydrogen) atoms. The molecule has 8 heteroatoms. The van der Waals surface area contributed by atoms with E-state index in [4.69, 9.17) is 28.2 Å². The third-order valence-electron chi connectivity index (χ3n) is 4.23. The van der Waals surface area contributed by atoms with Gasteiger partial charge in [-0.3, -0.25) is 10.1 Å². The quantitative estimate of drug-likeness (QED) is 0.291. The van der Waals surface area contributed by atoms with E-state index < -0.39 is 0 Å². The molecule has 5 nitrogen and oxygen atoms in total. The molecule has 4 rings (SSSR count). The number of furan rings is 1. The Morgan fingerprint density at radius 3 is 2.83 bits per heavy atom. The maximum Gasteiger partial charge on any atom is 0.250 e. The lowest BCUT2D eigenvalue weighted by Crippen LogP contribution is -2.32. The fourth-order valence-corrected chi connectivity index (χ4v) is 4.02. The summed E-state index contributed by atoms with van der Waals surface area (Å²) >= 11 is 12.8. The first-order valence-electron chi connectivity index (χ1n) is 9.00. The topological polar surface area (TPSA) is 67.2 Å². The number of nitrogens with one attached hydrogen (secondary N) is 2. The predicted molar refractivity (Wildman–Crippen MR) is 127 cm³/mol. The van der Waals surface area contributed by atoms with Crippen molar-refractivity contribution in [2.24, 2.45) is 0 Å². The number of aryl methyl sites for hydroxylation is 1. The van der Waals surface area contributed by atoms with Crippen LogP contribution >= 0.6 is 35.2 Å². The fourth-order valence-electron chi connectivity index (χ4n) is 2.71. The molecule has 4 aromatic rings. The molecule has 0 radical (unpaired) electrons. The van der Waals surface area contributed by atoms with Crippen molar-refractivity contribution in [2.75, 3.05) is 5.32 Å². The van der Waals surface area contributed by atoms with Gasteiger partial charge in [-0.1, -0.05) is 47.2 Å². The maximum absolute atomic E-state index is 12.1. The summed E-state index contributed by atoms with van der Waals surface area (Å²) in [6.45, 7) is 1.94. The van der Waals surface area contributed by atoms with Crippen molar-refractivity contribution in [1.82, 2.24) is 10.3 Å². The Balaban J connectivity index is 1.36. The second-order valence-electron chi connectivity index (χ2n) is 6.43. The van der Waals surface area contributed by atoms with E-state index in [0.29, 0.717) is 21.7 Å². The van der Waals surface area contributed by atoms with E-state index in [1.165, 1.54) is 17.4 Å². The summed E-state index contributed by atoms with van der Waals surface area (Å²) in [5, 5.41) is 7.01. The van der Waals surface area contributed by atoms with E-state index in [9.17, 15) is 4.79 Å². The molecule has 1 amide bonds. The number of benzene rings is 2. The molecule has 0 aliphatic rings. The third kappa shape index (κ3) is 4.76. The van der Waals surface area contributed by atoms with Gasteiger partial charge in [0.1, 0.15) is 11.5 Å². The normalized spacial score (nSPS) is 11.1. The van der Waals surface area contributed by atoms with Crippen LogP contribution in [0.15, 0.2) is 65.1 Å². The monoisotopic (exact) mass is 453 g/mol. The molecule has 0 saturated heterocycles. The number of carbonyl (C=O) groups is 1. The number of nitrogens with zero attached hydrogens (tertiary/aromatic N) is 1. The van der Waals surface area contributed by atoms with Crippen molar-refractivity contribution >= 4 is 67.6 Å². The Hall–Kier alpha value is -3.00. The number of hydrogen-bond acceptors (Lipinski definition) is 5. The van der Waals surface area contributed by atoms with Crippen LogP contribution in [-0.2, 0) is 4.79 Å². The summed E-state index contributed by atoms with van der Waals surface area (Å²) in [5.74, 6) is 0.844. The highest BCUT2D eigenvalue weighted by Crippen LogP contribution is 2.27. The first-order chi connectivity index (χ1) is 14.5. The molecule has 2 N–H and O–H groups in total. The third-order valence-corrected chi connectivity index (χ3v) is 5.80. The number of thiazole rings is 1. The highest BCUT2D eigenvalue weighted by molar-refractivity contribution is 7.80. The van der Waals surface area contributed by atoms with Gasteiger partial charge in [-0.15, -0.1) is 0 Å². The van der Waals surface area contributed by atoms with E-state index in [1.807, 2.05) is 55.5 Å². The minimum Gasteiger partial charge on any atom is -0.457 e. The molecule has 2 aromatic heterocycles. The molecule has 0 bridgehead atoms. The average Bonchev–Trinajstić information content (AvgIpc) is 3.34. The summed E-state index contributed by atoms with van der Waals surface area (Å²) in [7, 11) is 0. The number of halogens is 1. The summed E-state index contributed by atoms with van der Waals surface area (Å²) in [6.07, 6.45) is 2.94. The van der Waals surface area contributed by atoms with Gasteiger partial charge in [0.15, 0.2) is 10.2 Å². The summed E-state index contributed by atoms with van der Waals surface area (Å²) in [6, 6.07) is 17.1. The van der Waals surface area contributed by atoms with Crippen LogP contribution in [0.2, 0.25) is 5.02 Å². The smallest absolute Gasteiger partial charge is 0.250 e. The Bertz CT molecular complexity index is 1240. The van der Waals surface area contributed by atoms with Crippen LogP contribution in [0, 0.1) is 6.92 Å². The van der Waals surface area contributed by atoms with E-state index >= 15 is 0 Å². The highest BCUT2D eigenvalue weighted by Gasteiger charge is 2.08. The van der Waals surface area contributed by atoms with Crippen LogP contribution in [0.25, 0.3) is 27.6 Å². The fraction of sp³-hybridized carbons (Fsp3) is 0.0455. The van der Waals surface area contributed by atoms with Gasteiger partial charge in [0, 0.05) is 16.7 Å². The molecular weight excluding hydrogens is 438 g/mol. The van der Waals surface area contributed by atoms with Crippen LogP contribution < -0.4 is 10.6 Å². The number of anilines is 1. The summed E-state index contributed by atoms with van der Waals surface area (Å²) in [5.41, 5.74) is 2.75. The van der Waals surface area contributed by atoms with Crippen LogP contribution in [-0.4, -0.2) is 16.0 Å². The first kappa shape index (κ1) is 20.3. The molecule has 0 saturated carbocycles. The van der Waals surface area contributed by atoms with Gasteiger partial charge in [0.2, 0.25) is 5.91 Å². The van der Waals surface area contributed by atoms with Crippen molar-refractivity contribution in [3.8, 4) is 11.3 Å². The number of carbonyl (C=O) groups excluding carboxylic acids is 1. The standard InChI is InChI=1S/C22H16ClN3O2S2/c1-13-6-7-14(12-16(13)23)18-10-8-15(28-18)9-11-20(27)25-21(29)26-22-24-17-4-2-3-5-19(17)30-22/h2-12H,1H3,(H2,24,25,26,27,29)/b11-9+. The van der Waals surface area contributed by atoms with Gasteiger partial charge in [0.25, 0.3) is 0 Å². The first-order valence-corrected chi connectivity index (χ1v) is 10.6. The Kier molecular flexibility index (Phi) is 5.94. The molecule has 0 fully saturated rings. The van der Waals surface area contributed by atoms with E-state index in [2.05, 4.69) is 15.6 Å². The van der Waals surface area contributed by atoms with Gasteiger partial charge < -0.3 is 9.73 Å². The maximum atomic E-state index is 12.1. The van der Waals surface area contributed by atoms with Crippen molar-refractivity contribution in [1.29, 1.82) is 0 Å². The van der Waals surface area contributed by atoms with Gasteiger partial charge in [-0.25, -0.2) is 4.98 Å². The number of fused-ring (bicyclic) bond motifs is 1. The molecule has 2 aromatic carbocycles. The van der Waals surface area contributed by atoms with Gasteiger partial charge >= 0.3 is 0 Å². The second-order valence-corrected chi connectivity index (χ2v) is 8.28. The Morgan fingerprint density at radius 2 is 2.03 bits per heavy atom. The summed E-state index contributed by atoms with van der Waals surface area (Å²) < 4.78 is 6.81. The number of para-hydroxylation sites is 1. The average molecular weight is 454 g/mol. The lowest BCUT2D eigenvalue weighted by molar-refractivity contribution is -0.115. The van der Waals surface area contributed by atoms with Crippen LogP contribution in [0.4, 0.5) is 5.13 Å². The van der Waals surface area contributed by atoms with Crippen LogP contribution in [0.1, 0.15) is 11.3 Å². The second kappa shape index (κ2) is 8.79.